The van der Waals surface area contributed by atoms with Crippen molar-refractivity contribution in [3.63, 3.8) is 0 Å². The van der Waals surface area contributed by atoms with E-state index in [2.05, 4.69) is 5.32 Å². The number of fused-ring (bicyclic) bond motifs is 1. The van der Waals surface area contributed by atoms with Gasteiger partial charge in [0.2, 0.25) is 0 Å². The first kappa shape index (κ1) is 32.3. The number of hydrogen-bond donors (Lipinski definition) is 1. The van der Waals surface area contributed by atoms with Crippen LogP contribution < -0.4 is 39.2 Å². The Morgan fingerprint density at radius 3 is 2.38 bits per heavy atom. The number of nitrogens with one attached hydrogen (secondary N) is 1. The maximum Gasteiger partial charge on any atom is 0.271 e. The van der Waals surface area contributed by atoms with E-state index in [4.69, 9.17) is 23.9 Å². The average molecular weight is 666 g/mol. The minimum absolute atomic E-state index is 0.225. The van der Waals surface area contributed by atoms with Crippen molar-refractivity contribution in [1.29, 1.82) is 0 Å². The van der Waals surface area contributed by atoms with Crippen LogP contribution in [-0.4, -0.2) is 31.8 Å². The van der Waals surface area contributed by atoms with Crippen LogP contribution in [0.2, 0.25) is 0 Å². The molecule has 0 bridgehead atoms. The second kappa shape index (κ2) is 14.0. The van der Waals surface area contributed by atoms with E-state index in [-0.39, 0.29) is 23.9 Å². The third-order valence-electron chi connectivity index (χ3n) is 7.83. The van der Waals surface area contributed by atoms with Gasteiger partial charge in [0.1, 0.15) is 30.0 Å². The molecule has 0 radical (unpaired) electrons. The minimum atomic E-state index is -0.843. The quantitative estimate of drug-likeness (QED) is 0.208. The van der Waals surface area contributed by atoms with Crippen molar-refractivity contribution < 1.29 is 28.1 Å². The summed E-state index contributed by atoms with van der Waals surface area (Å²) in [6.07, 6.45) is 1.75. The second-order valence-corrected chi connectivity index (χ2v) is 11.8. The van der Waals surface area contributed by atoms with Crippen LogP contribution in [0.1, 0.15) is 29.7 Å². The van der Waals surface area contributed by atoms with Crippen LogP contribution in [0.25, 0.3) is 6.08 Å². The Kier molecular flexibility index (Phi) is 9.40. The first-order valence-electron chi connectivity index (χ1n) is 15.0. The lowest BCUT2D eigenvalue weighted by molar-refractivity contribution is -0.113. The first-order valence-corrected chi connectivity index (χ1v) is 15.8. The zero-order valence-electron chi connectivity index (χ0n) is 26.7. The number of thiazole rings is 1. The van der Waals surface area contributed by atoms with Crippen molar-refractivity contribution in [3.05, 3.63) is 144 Å². The van der Waals surface area contributed by atoms with E-state index in [0.717, 1.165) is 5.56 Å². The number of carbonyl (C=O) groups is 1. The fourth-order valence-corrected chi connectivity index (χ4v) is 6.50. The summed E-state index contributed by atoms with van der Waals surface area (Å²) < 4.78 is 37.9. The number of anilines is 1. The molecule has 5 aromatic rings. The van der Waals surface area contributed by atoms with E-state index in [0.29, 0.717) is 60.4 Å². The molecule has 0 spiro atoms. The van der Waals surface area contributed by atoms with Crippen LogP contribution in [0, 0.1) is 5.82 Å². The van der Waals surface area contributed by atoms with Gasteiger partial charge < -0.3 is 24.3 Å². The molecule has 1 aliphatic rings. The molecule has 9 nitrogen and oxygen atoms in total. The Morgan fingerprint density at radius 2 is 1.67 bits per heavy atom. The molecule has 0 saturated heterocycles. The highest BCUT2D eigenvalue weighted by molar-refractivity contribution is 7.07. The fraction of sp³-hybridized carbons (Fsp3) is 0.162. The van der Waals surface area contributed by atoms with E-state index in [9.17, 15) is 14.0 Å². The SMILES string of the molecule is COc1ccc([C@H]2C(C(=O)Nc3ccccc3)=C(C)N=c3s/c(=C\c4ccc(OCc5ccc(F)cc5)c(OC)c4)c(=O)n32)c(OC)c1. The number of rotatable bonds is 10. The first-order chi connectivity index (χ1) is 23.3. The molecule has 48 heavy (non-hydrogen) atoms. The molecule has 1 aromatic heterocycles. The Balaban J connectivity index is 1.41. The van der Waals surface area contributed by atoms with Crippen molar-refractivity contribution in [2.45, 2.75) is 19.6 Å². The van der Waals surface area contributed by atoms with E-state index >= 15 is 0 Å². The van der Waals surface area contributed by atoms with Crippen molar-refractivity contribution in [3.8, 4) is 23.0 Å². The highest BCUT2D eigenvalue weighted by atomic mass is 32.1. The zero-order chi connectivity index (χ0) is 33.8. The summed E-state index contributed by atoms with van der Waals surface area (Å²) in [6, 6.07) is 25.0. The number of ether oxygens (including phenoxy) is 4. The number of benzene rings is 4. The molecule has 244 valence electrons. The Labute approximate surface area is 279 Å². The van der Waals surface area contributed by atoms with Crippen molar-refractivity contribution in [2.24, 2.45) is 4.99 Å². The summed E-state index contributed by atoms with van der Waals surface area (Å²) in [4.78, 5) is 33.3. The maximum absolute atomic E-state index is 14.2. The molecule has 1 atom stereocenters. The van der Waals surface area contributed by atoms with Crippen LogP contribution in [0.3, 0.4) is 0 Å². The molecule has 0 saturated carbocycles. The molecule has 0 aliphatic carbocycles. The van der Waals surface area contributed by atoms with Gasteiger partial charge in [-0.1, -0.05) is 47.7 Å². The van der Waals surface area contributed by atoms with Gasteiger partial charge in [-0.2, -0.15) is 0 Å². The highest BCUT2D eigenvalue weighted by Crippen LogP contribution is 2.38. The van der Waals surface area contributed by atoms with Gasteiger partial charge in [0.05, 0.1) is 37.1 Å². The van der Waals surface area contributed by atoms with Gasteiger partial charge in [-0.05, 0) is 72.7 Å². The number of nitrogens with zero attached hydrogens (tertiary/aromatic N) is 2. The third kappa shape index (κ3) is 6.58. The molecule has 1 amide bonds. The van der Waals surface area contributed by atoms with Crippen molar-refractivity contribution in [1.82, 2.24) is 4.57 Å². The summed E-state index contributed by atoms with van der Waals surface area (Å²) >= 11 is 1.22. The molecule has 1 aliphatic heterocycles. The van der Waals surface area contributed by atoms with E-state index in [1.807, 2.05) is 24.3 Å². The van der Waals surface area contributed by atoms with Crippen molar-refractivity contribution >= 4 is 29.0 Å². The van der Waals surface area contributed by atoms with E-state index in [1.54, 1.807) is 74.7 Å². The van der Waals surface area contributed by atoms with Crippen LogP contribution in [0.15, 0.2) is 112 Å². The largest absolute Gasteiger partial charge is 0.497 e. The predicted octanol–water partition coefficient (Wildman–Crippen LogP) is 5.62. The lowest BCUT2D eigenvalue weighted by atomic mass is 9.94. The smallest absolute Gasteiger partial charge is 0.271 e. The van der Waals surface area contributed by atoms with Gasteiger partial charge in [-0.15, -0.1) is 0 Å². The molecule has 6 rings (SSSR count). The monoisotopic (exact) mass is 665 g/mol. The van der Waals surface area contributed by atoms with Crippen LogP contribution >= 0.6 is 11.3 Å². The molecule has 1 N–H and O–H groups in total. The lowest BCUT2D eigenvalue weighted by Crippen LogP contribution is -2.40. The van der Waals surface area contributed by atoms with E-state index in [1.165, 1.54) is 42.3 Å². The Bertz CT molecular complexity index is 2190. The van der Waals surface area contributed by atoms with E-state index < -0.39 is 6.04 Å². The molecule has 2 heterocycles. The summed E-state index contributed by atoms with van der Waals surface area (Å²) in [5.41, 5.74) is 3.17. The number of hydrogen-bond acceptors (Lipinski definition) is 8. The van der Waals surface area contributed by atoms with Gasteiger partial charge >= 0.3 is 0 Å². The lowest BCUT2D eigenvalue weighted by Gasteiger charge is -2.26. The number of carbonyl (C=O) groups excluding carboxylic acids is 1. The number of halogens is 1. The summed E-state index contributed by atoms with van der Waals surface area (Å²) in [5.74, 6) is 1.28. The summed E-state index contributed by atoms with van der Waals surface area (Å²) in [6.45, 7) is 1.98. The van der Waals surface area contributed by atoms with Gasteiger partial charge in [-0.25, -0.2) is 9.38 Å². The average Bonchev–Trinajstić information content (AvgIpc) is 3.41. The number of methoxy groups -OCH3 is 3. The van der Waals surface area contributed by atoms with Gasteiger partial charge in [0, 0.05) is 17.3 Å². The zero-order valence-corrected chi connectivity index (χ0v) is 27.5. The summed E-state index contributed by atoms with van der Waals surface area (Å²) in [7, 11) is 4.62. The van der Waals surface area contributed by atoms with Crippen LogP contribution in [0.5, 0.6) is 23.0 Å². The maximum atomic E-state index is 14.2. The fourth-order valence-electron chi connectivity index (χ4n) is 5.46. The Hall–Kier alpha value is -5.68. The predicted molar refractivity (Wildman–Crippen MR) is 182 cm³/mol. The van der Waals surface area contributed by atoms with Crippen LogP contribution in [-0.2, 0) is 11.4 Å². The number of amides is 1. The van der Waals surface area contributed by atoms with Gasteiger partial charge in [-0.3, -0.25) is 14.2 Å². The molecule has 11 heteroatoms. The van der Waals surface area contributed by atoms with Gasteiger partial charge in [0.25, 0.3) is 11.5 Å². The Morgan fingerprint density at radius 1 is 0.917 bits per heavy atom. The number of para-hydroxylation sites is 1. The topological polar surface area (TPSA) is 100 Å². The van der Waals surface area contributed by atoms with Crippen LogP contribution in [0.4, 0.5) is 10.1 Å². The molecule has 0 unspecified atom stereocenters. The van der Waals surface area contributed by atoms with Gasteiger partial charge in [0.15, 0.2) is 16.3 Å². The molecule has 0 fully saturated rings. The summed E-state index contributed by atoms with van der Waals surface area (Å²) in [5, 5.41) is 2.96. The highest BCUT2D eigenvalue weighted by Gasteiger charge is 2.34. The molecular weight excluding hydrogens is 633 g/mol. The minimum Gasteiger partial charge on any atom is -0.497 e. The molecule has 4 aromatic carbocycles. The second-order valence-electron chi connectivity index (χ2n) is 10.8. The third-order valence-corrected chi connectivity index (χ3v) is 8.81. The van der Waals surface area contributed by atoms with Crippen molar-refractivity contribution in [2.75, 3.05) is 26.6 Å². The normalized spacial score (nSPS) is 14.2. The number of allylic oxidation sites excluding steroid dienone is 1. The standard InChI is InChI=1S/C37H32FN3O6S/c1-22-33(35(42)40-26-8-6-5-7-9-26)34(28-16-15-27(44-2)20-30(28)45-3)41-36(43)32(48-37(41)39-22)19-24-12-17-29(31(18-24)46-4)47-21-23-10-13-25(38)14-11-23/h5-20,34H,21H2,1-4H3,(H,40,42)/b32-19-/t34-/m0/s1. The number of aromatic nitrogens is 1. The molecular formula is C37H32FN3O6S.